The highest BCUT2D eigenvalue weighted by Gasteiger charge is 2.15. The minimum Gasteiger partial charge on any atom is -0.496 e. The van der Waals surface area contributed by atoms with Gasteiger partial charge < -0.3 is 15.2 Å². The molecule has 0 fully saturated rings. The summed E-state index contributed by atoms with van der Waals surface area (Å²) in [6.45, 7) is 0.561. The first-order valence-corrected chi connectivity index (χ1v) is 7.33. The number of amides is 1. The van der Waals surface area contributed by atoms with Crippen LogP contribution >= 0.6 is 0 Å². The molecule has 116 valence electrons. The van der Waals surface area contributed by atoms with E-state index in [1.807, 2.05) is 36.4 Å². The van der Waals surface area contributed by atoms with Gasteiger partial charge >= 0.3 is 0 Å². The molecule has 2 aromatic rings. The molecule has 0 heterocycles. The predicted molar refractivity (Wildman–Crippen MR) is 86.2 cm³/mol. The number of carbonyl (C=O) groups is 1. The molecule has 0 spiro atoms. The second-order valence-electron chi connectivity index (χ2n) is 5.03. The van der Waals surface area contributed by atoms with Crippen LogP contribution < -0.4 is 10.1 Å². The first kappa shape index (κ1) is 16.0. The van der Waals surface area contributed by atoms with Crippen molar-refractivity contribution in [1.29, 1.82) is 0 Å². The van der Waals surface area contributed by atoms with Crippen LogP contribution in [0.4, 0.5) is 0 Å². The Morgan fingerprint density at radius 3 is 2.50 bits per heavy atom. The number of para-hydroxylation sites is 1. The fraction of sp³-hybridized carbons (Fsp3) is 0.278. The Morgan fingerprint density at radius 1 is 1.14 bits per heavy atom. The monoisotopic (exact) mass is 299 g/mol. The Hall–Kier alpha value is -2.33. The summed E-state index contributed by atoms with van der Waals surface area (Å²) in [5, 5.41) is 12.2. The Kier molecular flexibility index (Phi) is 5.98. The number of ether oxygens (including phenoxy) is 1. The first-order valence-electron chi connectivity index (χ1n) is 7.33. The molecule has 0 aliphatic carbocycles. The Morgan fingerprint density at radius 2 is 1.82 bits per heavy atom. The number of aliphatic hydroxyl groups is 1. The summed E-state index contributed by atoms with van der Waals surface area (Å²) in [5.41, 5.74) is 1.62. The van der Waals surface area contributed by atoms with E-state index >= 15 is 0 Å². The molecular formula is C18H21NO3. The van der Waals surface area contributed by atoms with Crippen LogP contribution in [0.5, 0.6) is 5.75 Å². The summed E-state index contributed by atoms with van der Waals surface area (Å²) < 4.78 is 5.20. The quantitative estimate of drug-likeness (QED) is 0.826. The molecule has 0 saturated heterocycles. The van der Waals surface area contributed by atoms with E-state index in [4.69, 9.17) is 4.74 Å². The fourth-order valence-electron chi connectivity index (χ4n) is 2.41. The molecule has 0 aliphatic heterocycles. The van der Waals surface area contributed by atoms with E-state index in [0.29, 0.717) is 24.3 Å². The highest BCUT2D eigenvalue weighted by Crippen LogP contribution is 2.20. The molecule has 0 aromatic heterocycles. The second-order valence-corrected chi connectivity index (χ2v) is 5.03. The molecule has 1 amide bonds. The number of rotatable bonds is 7. The number of methoxy groups -OCH3 is 1. The van der Waals surface area contributed by atoms with E-state index in [2.05, 4.69) is 5.32 Å². The average molecular weight is 299 g/mol. The molecular weight excluding hydrogens is 278 g/mol. The molecule has 2 rings (SSSR count). The summed E-state index contributed by atoms with van der Waals surface area (Å²) in [6, 6.07) is 17.0. The number of benzene rings is 2. The smallest absolute Gasteiger partial charge is 0.255 e. The van der Waals surface area contributed by atoms with Crippen LogP contribution in [0.25, 0.3) is 0 Å². The molecule has 0 saturated carbocycles. The molecule has 2 aromatic carbocycles. The second kappa shape index (κ2) is 8.20. The standard InChI is InChI=1S/C18H21NO3/c1-22-17-10-6-5-9-16(17)18(21)19-13-15(11-12-20)14-7-3-2-4-8-14/h2-10,15,20H,11-13H2,1H3,(H,19,21). The fourth-order valence-corrected chi connectivity index (χ4v) is 2.41. The van der Waals surface area contributed by atoms with Crippen LogP contribution in [0.15, 0.2) is 54.6 Å². The molecule has 4 nitrogen and oxygen atoms in total. The number of hydrogen-bond acceptors (Lipinski definition) is 3. The van der Waals surface area contributed by atoms with Crippen molar-refractivity contribution in [2.24, 2.45) is 0 Å². The van der Waals surface area contributed by atoms with Crippen molar-refractivity contribution in [3.63, 3.8) is 0 Å². The average Bonchev–Trinajstić information content (AvgIpc) is 2.59. The van der Waals surface area contributed by atoms with E-state index in [-0.39, 0.29) is 18.4 Å². The van der Waals surface area contributed by atoms with Crippen LogP contribution in [0.1, 0.15) is 28.3 Å². The van der Waals surface area contributed by atoms with Gasteiger partial charge in [-0.1, -0.05) is 42.5 Å². The van der Waals surface area contributed by atoms with Crippen LogP contribution in [-0.4, -0.2) is 31.3 Å². The zero-order valence-electron chi connectivity index (χ0n) is 12.7. The third-order valence-electron chi connectivity index (χ3n) is 3.61. The maximum Gasteiger partial charge on any atom is 0.255 e. The van der Waals surface area contributed by atoms with Crippen LogP contribution in [0.2, 0.25) is 0 Å². The molecule has 1 atom stereocenters. The maximum atomic E-state index is 12.3. The van der Waals surface area contributed by atoms with Gasteiger partial charge in [-0.25, -0.2) is 0 Å². The van der Waals surface area contributed by atoms with Gasteiger partial charge in [0.2, 0.25) is 0 Å². The highest BCUT2D eigenvalue weighted by atomic mass is 16.5. The van der Waals surface area contributed by atoms with Gasteiger partial charge in [0.05, 0.1) is 12.7 Å². The number of aliphatic hydroxyl groups excluding tert-OH is 1. The van der Waals surface area contributed by atoms with Crippen LogP contribution in [0.3, 0.4) is 0 Å². The molecule has 0 aliphatic rings. The number of hydrogen-bond donors (Lipinski definition) is 2. The van der Waals surface area contributed by atoms with Crippen molar-refractivity contribution >= 4 is 5.91 Å². The summed E-state index contributed by atoms with van der Waals surface area (Å²) >= 11 is 0. The predicted octanol–water partition coefficient (Wildman–Crippen LogP) is 2.59. The van der Waals surface area contributed by atoms with Gasteiger partial charge in [0.1, 0.15) is 5.75 Å². The van der Waals surface area contributed by atoms with E-state index in [1.165, 1.54) is 0 Å². The van der Waals surface area contributed by atoms with Crippen LogP contribution in [0, 0.1) is 0 Å². The van der Waals surface area contributed by atoms with Crippen molar-refractivity contribution < 1.29 is 14.6 Å². The lowest BCUT2D eigenvalue weighted by atomic mass is 9.96. The van der Waals surface area contributed by atoms with Crippen molar-refractivity contribution in [1.82, 2.24) is 5.32 Å². The highest BCUT2D eigenvalue weighted by molar-refractivity contribution is 5.96. The van der Waals surface area contributed by atoms with Gasteiger partial charge in [-0.3, -0.25) is 4.79 Å². The normalized spacial score (nSPS) is 11.7. The molecule has 2 N–H and O–H groups in total. The third kappa shape index (κ3) is 4.09. The van der Waals surface area contributed by atoms with Gasteiger partial charge in [0.25, 0.3) is 5.91 Å². The van der Waals surface area contributed by atoms with Crippen LogP contribution in [-0.2, 0) is 0 Å². The zero-order chi connectivity index (χ0) is 15.8. The van der Waals surface area contributed by atoms with Gasteiger partial charge in [-0.15, -0.1) is 0 Å². The lowest BCUT2D eigenvalue weighted by molar-refractivity contribution is 0.0946. The molecule has 22 heavy (non-hydrogen) atoms. The minimum atomic E-state index is -0.170. The molecule has 0 radical (unpaired) electrons. The molecule has 4 heteroatoms. The van der Waals surface area contributed by atoms with Crippen molar-refractivity contribution in [2.75, 3.05) is 20.3 Å². The molecule has 0 bridgehead atoms. The van der Waals surface area contributed by atoms with E-state index in [0.717, 1.165) is 5.56 Å². The zero-order valence-corrected chi connectivity index (χ0v) is 12.7. The lowest BCUT2D eigenvalue weighted by Gasteiger charge is -2.17. The third-order valence-corrected chi connectivity index (χ3v) is 3.61. The topological polar surface area (TPSA) is 58.6 Å². The Balaban J connectivity index is 2.04. The van der Waals surface area contributed by atoms with E-state index in [1.54, 1.807) is 25.3 Å². The molecule has 1 unspecified atom stereocenters. The lowest BCUT2D eigenvalue weighted by Crippen LogP contribution is -2.29. The van der Waals surface area contributed by atoms with Crippen molar-refractivity contribution in [3.8, 4) is 5.75 Å². The number of carbonyl (C=O) groups excluding carboxylic acids is 1. The van der Waals surface area contributed by atoms with Gasteiger partial charge in [0, 0.05) is 19.1 Å². The summed E-state index contributed by atoms with van der Waals surface area (Å²) in [5.74, 6) is 0.472. The summed E-state index contributed by atoms with van der Waals surface area (Å²) in [6.07, 6.45) is 0.607. The van der Waals surface area contributed by atoms with Crippen molar-refractivity contribution in [2.45, 2.75) is 12.3 Å². The minimum absolute atomic E-state index is 0.0874. The maximum absolute atomic E-state index is 12.3. The SMILES string of the molecule is COc1ccccc1C(=O)NCC(CCO)c1ccccc1. The Labute approximate surface area is 130 Å². The van der Waals surface area contributed by atoms with Gasteiger partial charge in [-0.05, 0) is 24.1 Å². The first-order chi connectivity index (χ1) is 10.8. The van der Waals surface area contributed by atoms with E-state index < -0.39 is 0 Å². The Bertz CT molecular complexity index is 598. The summed E-state index contributed by atoms with van der Waals surface area (Å²) in [7, 11) is 1.55. The number of nitrogens with one attached hydrogen (secondary N) is 1. The summed E-state index contributed by atoms with van der Waals surface area (Å²) in [4.78, 5) is 12.3. The van der Waals surface area contributed by atoms with Gasteiger partial charge in [-0.2, -0.15) is 0 Å². The largest absolute Gasteiger partial charge is 0.496 e. The van der Waals surface area contributed by atoms with Gasteiger partial charge in [0.15, 0.2) is 0 Å². The van der Waals surface area contributed by atoms with Crippen molar-refractivity contribution in [3.05, 3.63) is 65.7 Å². The van der Waals surface area contributed by atoms with E-state index in [9.17, 15) is 9.90 Å².